The minimum atomic E-state index is -0.465. The van der Waals surface area contributed by atoms with E-state index in [-0.39, 0.29) is 0 Å². The molecule has 1 atom stereocenters. The second kappa shape index (κ2) is 7.77. The summed E-state index contributed by atoms with van der Waals surface area (Å²) in [4.78, 5) is 20.8. The number of fused-ring (bicyclic) bond motifs is 1. The molecule has 3 heterocycles. The highest BCUT2D eigenvalue weighted by Gasteiger charge is 2.27. The molecule has 7 nitrogen and oxygen atoms in total. The van der Waals surface area contributed by atoms with Crippen LogP contribution in [0, 0.1) is 6.92 Å². The van der Waals surface area contributed by atoms with Crippen molar-refractivity contribution in [2.75, 3.05) is 38.2 Å². The molecule has 0 N–H and O–H groups in total. The number of aryl methyl sites for hydroxylation is 1. The third kappa shape index (κ3) is 3.31. The standard InChI is InChI=1S/C20H22ClN5O2/c1-14-16-4-3-7-22-20(16)26(23-14)19(13-27)25-10-8-24(9-11-25)15-5-6-17(21)18(12-15)28-2/h3-7,12-13,19H,8-11H2,1-2H3. The highest BCUT2D eigenvalue weighted by molar-refractivity contribution is 6.32. The van der Waals surface area contributed by atoms with Crippen LogP contribution < -0.4 is 9.64 Å². The topological polar surface area (TPSA) is 63.5 Å². The van der Waals surface area contributed by atoms with Gasteiger partial charge >= 0.3 is 0 Å². The van der Waals surface area contributed by atoms with E-state index in [2.05, 4.69) is 19.9 Å². The van der Waals surface area contributed by atoms with Gasteiger partial charge in [-0.3, -0.25) is 9.69 Å². The number of hydrogen-bond acceptors (Lipinski definition) is 6. The van der Waals surface area contributed by atoms with Crippen LogP contribution in [0.4, 0.5) is 5.69 Å². The molecule has 0 aliphatic carbocycles. The molecule has 1 aromatic carbocycles. The summed E-state index contributed by atoms with van der Waals surface area (Å²) in [5, 5.41) is 6.15. The molecule has 0 saturated carbocycles. The van der Waals surface area contributed by atoms with Crippen LogP contribution in [0.3, 0.4) is 0 Å². The van der Waals surface area contributed by atoms with Gasteiger partial charge in [-0.2, -0.15) is 5.10 Å². The van der Waals surface area contributed by atoms with Crippen molar-refractivity contribution in [2.24, 2.45) is 0 Å². The highest BCUT2D eigenvalue weighted by Crippen LogP contribution is 2.30. The fourth-order valence-electron chi connectivity index (χ4n) is 3.70. The third-order valence-corrected chi connectivity index (χ3v) is 5.52. The summed E-state index contributed by atoms with van der Waals surface area (Å²) in [6, 6.07) is 9.65. The van der Waals surface area contributed by atoms with Gasteiger partial charge in [-0.1, -0.05) is 11.6 Å². The monoisotopic (exact) mass is 399 g/mol. The van der Waals surface area contributed by atoms with Crippen LogP contribution in [0.2, 0.25) is 5.02 Å². The maximum absolute atomic E-state index is 12.0. The van der Waals surface area contributed by atoms with Crippen LogP contribution in [0.1, 0.15) is 11.9 Å². The molecule has 1 aliphatic heterocycles. The molecule has 2 aromatic heterocycles. The Morgan fingerprint density at radius 1 is 1.21 bits per heavy atom. The zero-order valence-corrected chi connectivity index (χ0v) is 16.6. The van der Waals surface area contributed by atoms with Crippen molar-refractivity contribution in [3.63, 3.8) is 0 Å². The van der Waals surface area contributed by atoms with Gasteiger partial charge in [0.25, 0.3) is 0 Å². The molecule has 1 saturated heterocycles. The van der Waals surface area contributed by atoms with Gasteiger partial charge in [0.1, 0.15) is 5.75 Å². The molecule has 1 fully saturated rings. The summed E-state index contributed by atoms with van der Waals surface area (Å²) in [5.74, 6) is 0.664. The number of aldehydes is 1. The van der Waals surface area contributed by atoms with Crippen molar-refractivity contribution in [3.05, 3.63) is 47.2 Å². The quantitative estimate of drug-likeness (QED) is 0.615. The van der Waals surface area contributed by atoms with Gasteiger partial charge in [0.2, 0.25) is 0 Å². The number of aromatic nitrogens is 3. The predicted octanol–water partition coefficient (Wildman–Crippen LogP) is 2.92. The van der Waals surface area contributed by atoms with Crippen molar-refractivity contribution < 1.29 is 9.53 Å². The summed E-state index contributed by atoms with van der Waals surface area (Å²) < 4.78 is 7.06. The molecular formula is C20H22ClN5O2. The first-order valence-electron chi connectivity index (χ1n) is 9.20. The van der Waals surface area contributed by atoms with Gasteiger partial charge in [-0.25, -0.2) is 9.67 Å². The van der Waals surface area contributed by atoms with Gasteiger partial charge in [0.05, 0.1) is 17.8 Å². The Labute approximate surface area is 168 Å². The predicted molar refractivity (Wildman–Crippen MR) is 109 cm³/mol. The first kappa shape index (κ1) is 18.7. The van der Waals surface area contributed by atoms with Gasteiger partial charge in [0, 0.05) is 49.5 Å². The summed E-state index contributed by atoms with van der Waals surface area (Å²) in [7, 11) is 1.61. The van der Waals surface area contributed by atoms with E-state index in [9.17, 15) is 4.79 Å². The van der Waals surface area contributed by atoms with E-state index in [0.717, 1.165) is 54.9 Å². The first-order valence-corrected chi connectivity index (χ1v) is 9.58. The third-order valence-electron chi connectivity index (χ3n) is 5.21. The molecular weight excluding hydrogens is 378 g/mol. The lowest BCUT2D eigenvalue weighted by molar-refractivity contribution is -0.115. The molecule has 1 aliphatic rings. The number of anilines is 1. The minimum Gasteiger partial charge on any atom is -0.495 e. The lowest BCUT2D eigenvalue weighted by Gasteiger charge is -2.38. The van der Waals surface area contributed by atoms with Gasteiger partial charge < -0.3 is 9.64 Å². The molecule has 1 unspecified atom stereocenters. The molecule has 146 valence electrons. The molecule has 8 heteroatoms. The number of rotatable bonds is 5. The van der Waals surface area contributed by atoms with E-state index in [1.165, 1.54) is 0 Å². The van der Waals surface area contributed by atoms with Crippen molar-refractivity contribution in [3.8, 4) is 5.75 Å². The van der Waals surface area contributed by atoms with E-state index in [1.807, 2.05) is 37.3 Å². The summed E-state index contributed by atoms with van der Waals surface area (Å²) >= 11 is 6.13. The molecule has 4 rings (SSSR count). The zero-order valence-electron chi connectivity index (χ0n) is 15.9. The first-order chi connectivity index (χ1) is 13.6. The van der Waals surface area contributed by atoms with Crippen LogP contribution in [0.5, 0.6) is 5.75 Å². The largest absolute Gasteiger partial charge is 0.495 e. The van der Waals surface area contributed by atoms with Crippen LogP contribution in [-0.2, 0) is 4.79 Å². The number of pyridine rings is 1. The second-order valence-corrected chi connectivity index (χ2v) is 7.20. The Bertz CT molecular complexity index is 997. The molecule has 0 radical (unpaired) electrons. The highest BCUT2D eigenvalue weighted by atomic mass is 35.5. The van der Waals surface area contributed by atoms with Crippen LogP contribution in [0.15, 0.2) is 36.5 Å². The summed E-state index contributed by atoms with van der Waals surface area (Å²) in [6.45, 7) is 5.00. The number of ether oxygens (including phenoxy) is 1. The van der Waals surface area contributed by atoms with Crippen LogP contribution in [-0.4, -0.2) is 59.2 Å². The molecule has 3 aromatic rings. The lowest BCUT2D eigenvalue weighted by Crippen LogP contribution is -2.49. The fourth-order valence-corrected chi connectivity index (χ4v) is 3.89. The van der Waals surface area contributed by atoms with Gasteiger partial charge in [0.15, 0.2) is 18.1 Å². The van der Waals surface area contributed by atoms with E-state index in [0.29, 0.717) is 10.8 Å². The smallest absolute Gasteiger partial charge is 0.162 e. The molecule has 0 spiro atoms. The van der Waals surface area contributed by atoms with Crippen molar-refractivity contribution in [1.29, 1.82) is 0 Å². The average Bonchev–Trinajstić information content (AvgIpc) is 3.06. The van der Waals surface area contributed by atoms with Gasteiger partial charge in [-0.05, 0) is 31.2 Å². The number of carbonyl (C=O) groups excluding carboxylic acids is 1. The summed E-state index contributed by atoms with van der Waals surface area (Å²) in [5.41, 5.74) is 2.68. The maximum atomic E-state index is 12.0. The normalized spacial score (nSPS) is 16.3. The molecule has 0 bridgehead atoms. The van der Waals surface area contributed by atoms with Gasteiger partial charge in [-0.15, -0.1) is 0 Å². The Morgan fingerprint density at radius 2 is 2.00 bits per heavy atom. The Morgan fingerprint density at radius 3 is 2.71 bits per heavy atom. The van der Waals surface area contributed by atoms with Crippen molar-refractivity contribution >= 4 is 34.6 Å². The molecule has 28 heavy (non-hydrogen) atoms. The number of benzene rings is 1. The Hall–Kier alpha value is -2.64. The Kier molecular flexibility index (Phi) is 5.19. The van der Waals surface area contributed by atoms with E-state index in [1.54, 1.807) is 18.0 Å². The number of methoxy groups -OCH3 is 1. The van der Waals surface area contributed by atoms with E-state index >= 15 is 0 Å². The maximum Gasteiger partial charge on any atom is 0.162 e. The van der Waals surface area contributed by atoms with Crippen LogP contribution in [0.25, 0.3) is 11.0 Å². The minimum absolute atomic E-state index is 0.465. The lowest BCUT2D eigenvalue weighted by atomic mass is 10.2. The SMILES string of the molecule is COc1cc(N2CCN(C(C=O)n3nc(C)c4cccnc43)CC2)ccc1Cl. The van der Waals surface area contributed by atoms with Crippen molar-refractivity contribution in [1.82, 2.24) is 19.7 Å². The van der Waals surface area contributed by atoms with Crippen molar-refractivity contribution in [2.45, 2.75) is 13.1 Å². The van der Waals surface area contributed by atoms with E-state index in [4.69, 9.17) is 16.3 Å². The van der Waals surface area contributed by atoms with Crippen LogP contribution >= 0.6 is 11.6 Å². The summed E-state index contributed by atoms with van der Waals surface area (Å²) in [6.07, 6.45) is 2.21. The fraction of sp³-hybridized carbons (Fsp3) is 0.350. The number of carbonyl (C=O) groups is 1. The number of halogens is 1. The average molecular weight is 400 g/mol. The van der Waals surface area contributed by atoms with E-state index < -0.39 is 6.17 Å². The Balaban J connectivity index is 1.53. The zero-order chi connectivity index (χ0) is 19.7. The molecule has 0 amide bonds. The second-order valence-electron chi connectivity index (χ2n) is 6.80. The number of hydrogen-bond donors (Lipinski definition) is 0. The number of piperazine rings is 1. The number of nitrogens with zero attached hydrogens (tertiary/aromatic N) is 5.